The monoisotopic (exact) mass is 286 g/mol. The van der Waals surface area contributed by atoms with Crippen LogP contribution < -0.4 is 15.2 Å². The summed E-state index contributed by atoms with van der Waals surface area (Å²) in [6.45, 7) is 4.93. The minimum Gasteiger partial charge on any atom is -0.481 e. The van der Waals surface area contributed by atoms with Crippen molar-refractivity contribution in [2.75, 3.05) is 7.05 Å². The Kier molecular flexibility index (Phi) is 4.54. The van der Waals surface area contributed by atoms with E-state index in [2.05, 4.69) is 5.32 Å². The Morgan fingerprint density at radius 2 is 1.89 bits per heavy atom. The lowest BCUT2D eigenvalue weighted by Crippen LogP contribution is -2.33. The third kappa shape index (κ3) is 3.68. The van der Waals surface area contributed by atoms with Gasteiger partial charge in [-0.1, -0.05) is 0 Å². The molecule has 1 amide bonds. The molecular weight excluding hydrogens is 268 g/mol. The maximum absolute atomic E-state index is 11.4. The molecule has 7 heteroatoms. The van der Waals surface area contributed by atoms with Crippen molar-refractivity contribution in [1.29, 1.82) is 0 Å². The zero-order valence-electron chi connectivity index (χ0n) is 11.4. The fraction of sp³-hybridized carbons (Fsp3) is 0.417. The predicted molar refractivity (Wildman–Crippen MR) is 71.4 cm³/mol. The summed E-state index contributed by atoms with van der Waals surface area (Å²) >= 11 is 0. The van der Waals surface area contributed by atoms with Crippen LogP contribution in [0.15, 0.2) is 17.0 Å². The van der Waals surface area contributed by atoms with Crippen LogP contribution in [0.1, 0.15) is 18.1 Å². The van der Waals surface area contributed by atoms with Crippen molar-refractivity contribution < 1.29 is 17.9 Å². The maximum Gasteiger partial charge on any atom is 0.260 e. The summed E-state index contributed by atoms with van der Waals surface area (Å²) in [4.78, 5) is 11.4. The van der Waals surface area contributed by atoms with E-state index in [0.29, 0.717) is 16.9 Å². The maximum atomic E-state index is 11.4. The first-order valence-corrected chi connectivity index (χ1v) is 7.23. The number of hydrogen-bond acceptors (Lipinski definition) is 4. The Balaban J connectivity index is 3.13. The second-order valence-corrected chi connectivity index (χ2v) is 5.83. The van der Waals surface area contributed by atoms with Gasteiger partial charge in [0, 0.05) is 7.05 Å². The third-order valence-electron chi connectivity index (χ3n) is 2.70. The molecule has 0 radical (unpaired) electrons. The molecule has 1 rings (SSSR count). The number of nitrogens with one attached hydrogen (secondary N) is 1. The number of primary sulfonamides is 1. The average molecular weight is 286 g/mol. The summed E-state index contributed by atoms with van der Waals surface area (Å²) in [5.74, 6) is 0.202. The number of rotatable bonds is 4. The third-order valence-corrected chi connectivity index (χ3v) is 3.75. The number of aryl methyl sites for hydroxylation is 2. The molecule has 1 aromatic rings. The van der Waals surface area contributed by atoms with Crippen LogP contribution in [0.4, 0.5) is 0 Å². The molecular formula is C12H18N2O4S. The van der Waals surface area contributed by atoms with Crippen molar-refractivity contribution in [3.05, 3.63) is 23.3 Å². The summed E-state index contributed by atoms with van der Waals surface area (Å²) in [6, 6.07) is 3.01. The molecule has 0 aliphatic carbocycles. The van der Waals surface area contributed by atoms with Gasteiger partial charge in [-0.15, -0.1) is 0 Å². The van der Waals surface area contributed by atoms with E-state index in [4.69, 9.17) is 9.88 Å². The Morgan fingerprint density at radius 3 is 2.37 bits per heavy atom. The van der Waals surface area contributed by atoms with Crippen LogP contribution in [0.25, 0.3) is 0 Å². The number of ether oxygens (including phenoxy) is 1. The molecule has 6 nitrogen and oxygen atoms in total. The minimum atomic E-state index is -3.76. The molecule has 0 saturated carbocycles. The van der Waals surface area contributed by atoms with E-state index in [-0.39, 0.29) is 10.8 Å². The molecule has 0 aliphatic heterocycles. The molecule has 3 N–H and O–H groups in total. The van der Waals surface area contributed by atoms with Crippen molar-refractivity contribution in [3.63, 3.8) is 0 Å². The van der Waals surface area contributed by atoms with Gasteiger partial charge in [-0.3, -0.25) is 4.79 Å². The number of amides is 1. The second kappa shape index (κ2) is 5.58. The van der Waals surface area contributed by atoms with E-state index >= 15 is 0 Å². The first kappa shape index (κ1) is 15.5. The van der Waals surface area contributed by atoms with Gasteiger partial charge in [-0.2, -0.15) is 0 Å². The molecule has 0 bridgehead atoms. The van der Waals surface area contributed by atoms with Crippen LogP contribution in [-0.2, 0) is 14.8 Å². The van der Waals surface area contributed by atoms with Crippen LogP contribution >= 0.6 is 0 Å². The fourth-order valence-electron chi connectivity index (χ4n) is 1.64. The highest BCUT2D eigenvalue weighted by molar-refractivity contribution is 7.89. The van der Waals surface area contributed by atoms with Gasteiger partial charge in [0.15, 0.2) is 6.10 Å². The highest BCUT2D eigenvalue weighted by Gasteiger charge is 2.18. The average Bonchev–Trinajstić information content (AvgIpc) is 2.30. The van der Waals surface area contributed by atoms with Crippen LogP contribution in [0.2, 0.25) is 0 Å². The Morgan fingerprint density at radius 1 is 1.32 bits per heavy atom. The first-order chi connectivity index (χ1) is 8.66. The van der Waals surface area contributed by atoms with Gasteiger partial charge in [0.05, 0.1) is 4.90 Å². The summed E-state index contributed by atoms with van der Waals surface area (Å²) in [5.41, 5.74) is 1.08. The van der Waals surface area contributed by atoms with Gasteiger partial charge < -0.3 is 10.1 Å². The van der Waals surface area contributed by atoms with Crippen LogP contribution in [0, 0.1) is 13.8 Å². The zero-order chi connectivity index (χ0) is 14.8. The number of carbonyl (C=O) groups excluding carboxylic acids is 1. The summed E-state index contributed by atoms with van der Waals surface area (Å²) in [5, 5.41) is 7.59. The van der Waals surface area contributed by atoms with Gasteiger partial charge >= 0.3 is 0 Å². The number of hydrogen-bond donors (Lipinski definition) is 2. The van der Waals surface area contributed by atoms with Gasteiger partial charge in [0.2, 0.25) is 10.0 Å². The Labute approximate surface area is 113 Å². The lowest BCUT2D eigenvalue weighted by molar-refractivity contribution is -0.126. The largest absolute Gasteiger partial charge is 0.481 e. The van der Waals surface area contributed by atoms with Crippen molar-refractivity contribution in [2.24, 2.45) is 5.14 Å². The summed E-state index contributed by atoms with van der Waals surface area (Å²) in [6.07, 6.45) is -0.663. The van der Waals surface area contributed by atoms with E-state index in [1.807, 2.05) is 0 Å². The summed E-state index contributed by atoms with van der Waals surface area (Å²) < 4.78 is 28.2. The van der Waals surface area contributed by atoms with Gasteiger partial charge in [-0.25, -0.2) is 13.6 Å². The molecule has 0 heterocycles. The minimum absolute atomic E-state index is 0.0601. The normalized spacial score (nSPS) is 12.9. The number of likely N-dealkylation sites (N-methyl/N-ethyl adjacent to an activating group) is 1. The Hall–Kier alpha value is -1.60. The molecule has 106 valence electrons. The number of sulfonamides is 1. The number of carbonyl (C=O) groups is 1. The molecule has 19 heavy (non-hydrogen) atoms. The zero-order valence-corrected chi connectivity index (χ0v) is 12.2. The molecule has 1 unspecified atom stereocenters. The molecule has 0 aromatic heterocycles. The molecule has 0 aliphatic rings. The molecule has 0 fully saturated rings. The van der Waals surface area contributed by atoms with E-state index in [0.717, 1.165) is 0 Å². The van der Waals surface area contributed by atoms with Crippen molar-refractivity contribution >= 4 is 15.9 Å². The molecule has 0 saturated heterocycles. The lowest BCUT2D eigenvalue weighted by Gasteiger charge is -2.16. The van der Waals surface area contributed by atoms with Gasteiger partial charge in [0.1, 0.15) is 5.75 Å². The lowest BCUT2D eigenvalue weighted by atomic mass is 10.1. The van der Waals surface area contributed by atoms with Crippen LogP contribution in [0.5, 0.6) is 5.75 Å². The number of benzene rings is 1. The first-order valence-electron chi connectivity index (χ1n) is 5.69. The van der Waals surface area contributed by atoms with E-state index in [1.165, 1.54) is 13.1 Å². The number of nitrogens with two attached hydrogens (primary N) is 1. The Bertz CT molecular complexity index is 596. The van der Waals surface area contributed by atoms with Crippen LogP contribution in [0.3, 0.4) is 0 Å². The van der Waals surface area contributed by atoms with Crippen molar-refractivity contribution in [3.8, 4) is 5.75 Å². The van der Waals surface area contributed by atoms with Gasteiger partial charge in [0.25, 0.3) is 5.91 Å². The molecule has 1 atom stereocenters. The molecule has 1 aromatic carbocycles. The van der Waals surface area contributed by atoms with E-state index in [9.17, 15) is 13.2 Å². The van der Waals surface area contributed by atoms with Crippen molar-refractivity contribution in [2.45, 2.75) is 31.8 Å². The highest BCUT2D eigenvalue weighted by Crippen LogP contribution is 2.26. The van der Waals surface area contributed by atoms with E-state index in [1.54, 1.807) is 26.8 Å². The molecule has 0 spiro atoms. The smallest absolute Gasteiger partial charge is 0.260 e. The van der Waals surface area contributed by atoms with E-state index < -0.39 is 16.1 Å². The van der Waals surface area contributed by atoms with Crippen LogP contribution in [-0.4, -0.2) is 27.5 Å². The quantitative estimate of drug-likeness (QED) is 0.840. The topological polar surface area (TPSA) is 98.5 Å². The van der Waals surface area contributed by atoms with Crippen molar-refractivity contribution in [1.82, 2.24) is 5.32 Å². The second-order valence-electron chi connectivity index (χ2n) is 4.30. The fourth-order valence-corrected chi connectivity index (χ4v) is 2.49. The standard InChI is InChI=1S/C12H18N2O4S/c1-7-6-11(19(13,16)17)8(2)5-10(7)18-9(3)12(15)14-4/h5-6,9H,1-4H3,(H,14,15)(H2,13,16,17). The highest BCUT2D eigenvalue weighted by atomic mass is 32.2. The predicted octanol–water partition coefficient (Wildman–Crippen LogP) is 0.464. The SMILES string of the molecule is CNC(=O)C(C)Oc1cc(C)c(S(N)(=O)=O)cc1C. The van der Waals surface area contributed by atoms with Gasteiger partial charge in [-0.05, 0) is 44.0 Å². The summed E-state index contributed by atoms with van der Waals surface area (Å²) in [7, 11) is -2.24.